The summed E-state index contributed by atoms with van der Waals surface area (Å²) in [6.45, 7) is 3.36. The second-order valence-electron chi connectivity index (χ2n) is 6.07. The number of benzene rings is 1. The van der Waals surface area contributed by atoms with E-state index in [0.29, 0.717) is 12.3 Å². The molecule has 0 N–H and O–H groups in total. The third-order valence-corrected chi connectivity index (χ3v) is 4.66. The quantitative estimate of drug-likeness (QED) is 0.720. The molecule has 0 bridgehead atoms. The fourth-order valence-electron chi connectivity index (χ4n) is 2.87. The van der Waals surface area contributed by atoms with Crippen LogP contribution in [0.15, 0.2) is 24.3 Å². The standard InChI is InChI=1S/C16H22N2O6S/c1-25(20,21)23-12-15-11-18(16(19)24-15)14-5-3-13(4-6-14)17-7-2-9-22-10-8-17/h3-6,15H,2,7-12H2,1H3. The average molecular weight is 370 g/mol. The molecule has 1 atom stereocenters. The summed E-state index contributed by atoms with van der Waals surface area (Å²) in [5.74, 6) is 0. The van der Waals surface area contributed by atoms with Gasteiger partial charge in [0, 0.05) is 31.1 Å². The van der Waals surface area contributed by atoms with Gasteiger partial charge in [-0.15, -0.1) is 0 Å². The molecule has 8 nitrogen and oxygen atoms in total. The van der Waals surface area contributed by atoms with E-state index >= 15 is 0 Å². The Morgan fingerprint density at radius 1 is 1.16 bits per heavy atom. The Kier molecular flexibility index (Phi) is 5.45. The summed E-state index contributed by atoms with van der Waals surface area (Å²) in [4.78, 5) is 15.7. The van der Waals surface area contributed by atoms with Crippen LogP contribution in [0.25, 0.3) is 0 Å². The van der Waals surface area contributed by atoms with Gasteiger partial charge in [-0.25, -0.2) is 4.79 Å². The number of ether oxygens (including phenoxy) is 2. The fourth-order valence-corrected chi connectivity index (χ4v) is 3.27. The van der Waals surface area contributed by atoms with Gasteiger partial charge < -0.3 is 14.4 Å². The lowest BCUT2D eigenvalue weighted by atomic mass is 10.2. The van der Waals surface area contributed by atoms with Crippen molar-refractivity contribution >= 4 is 27.6 Å². The zero-order valence-corrected chi connectivity index (χ0v) is 14.9. The molecule has 1 unspecified atom stereocenters. The van der Waals surface area contributed by atoms with Gasteiger partial charge in [-0.05, 0) is 30.7 Å². The summed E-state index contributed by atoms with van der Waals surface area (Å²) in [6, 6.07) is 7.66. The summed E-state index contributed by atoms with van der Waals surface area (Å²) < 4.78 is 37.4. The maximum Gasteiger partial charge on any atom is 0.414 e. The maximum absolute atomic E-state index is 12.0. The van der Waals surface area contributed by atoms with Crippen molar-refractivity contribution in [3.05, 3.63) is 24.3 Å². The first-order valence-corrected chi connectivity index (χ1v) is 9.99. The molecule has 0 saturated carbocycles. The second-order valence-corrected chi connectivity index (χ2v) is 7.72. The zero-order chi connectivity index (χ0) is 17.9. The van der Waals surface area contributed by atoms with Gasteiger partial charge in [0.1, 0.15) is 12.7 Å². The number of hydrogen-bond acceptors (Lipinski definition) is 7. The molecule has 2 aliphatic heterocycles. The van der Waals surface area contributed by atoms with Gasteiger partial charge in [0.05, 0.1) is 19.4 Å². The predicted molar refractivity (Wildman–Crippen MR) is 92.5 cm³/mol. The van der Waals surface area contributed by atoms with E-state index in [1.807, 2.05) is 24.3 Å². The van der Waals surface area contributed by atoms with E-state index in [4.69, 9.17) is 13.7 Å². The lowest BCUT2D eigenvalue weighted by molar-refractivity contribution is 0.107. The summed E-state index contributed by atoms with van der Waals surface area (Å²) >= 11 is 0. The number of anilines is 2. The van der Waals surface area contributed by atoms with Gasteiger partial charge in [0.25, 0.3) is 10.1 Å². The Bertz CT molecular complexity index is 698. The Hall–Kier alpha value is -1.84. The Morgan fingerprint density at radius 2 is 1.88 bits per heavy atom. The average Bonchev–Trinajstić information content (AvgIpc) is 2.77. The molecule has 2 aliphatic rings. The van der Waals surface area contributed by atoms with Crippen LogP contribution in [0.2, 0.25) is 0 Å². The number of amides is 1. The number of cyclic esters (lactones) is 1. The first kappa shape index (κ1) is 18.0. The van der Waals surface area contributed by atoms with Gasteiger partial charge in [-0.3, -0.25) is 9.08 Å². The molecule has 1 amide bonds. The van der Waals surface area contributed by atoms with Crippen LogP contribution in [0.5, 0.6) is 0 Å². The van der Waals surface area contributed by atoms with Crippen molar-refractivity contribution in [3.63, 3.8) is 0 Å². The first-order valence-electron chi connectivity index (χ1n) is 8.18. The Balaban J connectivity index is 1.62. The predicted octanol–water partition coefficient (Wildman–Crippen LogP) is 1.21. The third-order valence-electron chi connectivity index (χ3n) is 4.09. The third kappa shape index (κ3) is 4.83. The highest BCUT2D eigenvalue weighted by Gasteiger charge is 2.33. The van der Waals surface area contributed by atoms with E-state index < -0.39 is 22.3 Å². The summed E-state index contributed by atoms with van der Waals surface area (Å²) in [5.41, 5.74) is 1.79. The van der Waals surface area contributed by atoms with E-state index in [2.05, 4.69) is 4.90 Å². The van der Waals surface area contributed by atoms with Crippen molar-refractivity contribution in [3.8, 4) is 0 Å². The molecule has 2 fully saturated rings. The topological polar surface area (TPSA) is 85.4 Å². The van der Waals surface area contributed by atoms with Crippen LogP contribution in [0.4, 0.5) is 16.2 Å². The molecule has 1 aromatic rings. The van der Waals surface area contributed by atoms with Crippen molar-refractivity contribution in [2.45, 2.75) is 12.5 Å². The van der Waals surface area contributed by atoms with Crippen LogP contribution >= 0.6 is 0 Å². The SMILES string of the molecule is CS(=O)(=O)OCC1CN(c2ccc(N3CCCOCC3)cc2)C(=O)O1. The van der Waals surface area contributed by atoms with Gasteiger partial charge in [0.2, 0.25) is 0 Å². The molecule has 25 heavy (non-hydrogen) atoms. The number of nitrogens with zero attached hydrogens (tertiary/aromatic N) is 2. The molecule has 9 heteroatoms. The Morgan fingerprint density at radius 3 is 2.60 bits per heavy atom. The van der Waals surface area contributed by atoms with Gasteiger partial charge >= 0.3 is 6.09 Å². The molecule has 138 valence electrons. The zero-order valence-electron chi connectivity index (χ0n) is 14.1. The maximum atomic E-state index is 12.0. The van der Waals surface area contributed by atoms with Gasteiger partial charge in [-0.2, -0.15) is 8.42 Å². The van der Waals surface area contributed by atoms with Gasteiger partial charge in [0.15, 0.2) is 0 Å². The molecule has 0 spiro atoms. The van der Waals surface area contributed by atoms with Crippen molar-refractivity contribution in [1.29, 1.82) is 0 Å². The minimum atomic E-state index is -3.56. The van der Waals surface area contributed by atoms with E-state index in [1.165, 1.54) is 4.90 Å². The molecular formula is C16H22N2O6S. The molecule has 0 aromatic heterocycles. The molecular weight excluding hydrogens is 348 g/mol. The smallest absolute Gasteiger partial charge is 0.414 e. The van der Waals surface area contributed by atoms with Crippen LogP contribution in [0, 0.1) is 0 Å². The molecule has 2 heterocycles. The van der Waals surface area contributed by atoms with E-state index in [0.717, 1.165) is 38.1 Å². The van der Waals surface area contributed by atoms with Crippen molar-refractivity contribution < 1.29 is 26.9 Å². The molecule has 0 aliphatic carbocycles. The molecule has 1 aromatic carbocycles. The minimum absolute atomic E-state index is 0.174. The molecule has 0 radical (unpaired) electrons. The normalized spacial score (nSPS) is 22.0. The monoisotopic (exact) mass is 370 g/mol. The van der Waals surface area contributed by atoms with Crippen LogP contribution in [0.1, 0.15) is 6.42 Å². The van der Waals surface area contributed by atoms with Crippen molar-refractivity contribution in [2.24, 2.45) is 0 Å². The molecule has 3 rings (SSSR count). The van der Waals surface area contributed by atoms with Crippen molar-refractivity contribution in [1.82, 2.24) is 0 Å². The van der Waals surface area contributed by atoms with Gasteiger partial charge in [-0.1, -0.05) is 0 Å². The number of carbonyl (C=O) groups excluding carboxylic acids is 1. The Labute approximate surface area is 147 Å². The highest BCUT2D eigenvalue weighted by molar-refractivity contribution is 7.85. The van der Waals surface area contributed by atoms with E-state index in [9.17, 15) is 13.2 Å². The minimum Gasteiger partial charge on any atom is -0.441 e. The van der Waals surface area contributed by atoms with Crippen LogP contribution in [-0.2, 0) is 23.8 Å². The lowest BCUT2D eigenvalue weighted by Gasteiger charge is -2.23. The first-order chi connectivity index (χ1) is 11.9. The van der Waals surface area contributed by atoms with Crippen LogP contribution in [0.3, 0.4) is 0 Å². The lowest BCUT2D eigenvalue weighted by Crippen LogP contribution is -2.27. The summed E-state index contributed by atoms with van der Waals surface area (Å²) in [7, 11) is -3.56. The molecule has 2 saturated heterocycles. The van der Waals surface area contributed by atoms with Crippen molar-refractivity contribution in [2.75, 3.05) is 55.5 Å². The van der Waals surface area contributed by atoms with Crippen LogP contribution < -0.4 is 9.80 Å². The fraction of sp³-hybridized carbons (Fsp3) is 0.562. The number of hydrogen-bond donors (Lipinski definition) is 0. The highest BCUT2D eigenvalue weighted by atomic mass is 32.2. The number of carbonyl (C=O) groups is 1. The summed E-state index contributed by atoms with van der Waals surface area (Å²) in [6.07, 6.45) is 0.846. The second kappa shape index (κ2) is 7.59. The number of rotatable bonds is 5. The van der Waals surface area contributed by atoms with E-state index in [-0.39, 0.29) is 13.2 Å². The van der Waals surface area contributed by atoms with E-state index in [1.54, 1.807) is 0 Å². The highest BCUT2D eigenvalue weighted by Crippen LogP contribution is 2.25. The summed E-state index contributed by atoms with van der Waals surface area (Å²) in [5, 5.41) is 0. The van der Waals surface area contributed by atoms with Crippen LogP contribution in [-0.4, -0.2) is 66.3 Å². The largest absolute Gasteiger partial charge is 0.441 e.